The molecule has 0 amide bonds. The summed E-state index contributed by atoms with van der Waals surface area (Å²) in [5.41, 5.74) is 0.0244. The van der Waals surface area contributed by atoms with E-state index in [1.54, 1.807) is 0 Å². The first-order valence-electron chi connectivity index (χ1n) is 5.16. The molecule has 74 valence electrons. The van der Waals surface area contributed by atoms with Gasteiger partial charge in [-0.2, -0.15) is 0 Å². The molecule has 0 aromatic rings. The molecule has 3 nitrogen and oxygen atoms in total. The summed E-state index contributed by atoms with van der Waals surface area (Å²) in [6.45, 7) is 5.05. The minimum Gasteiger partial charge on any atom is -0.373 e. The Kier molecular flexibility index (Phi) is 2.28. The van der Waals surface area contributed by atoms with E-state index in [2.05, 4.69) is 11.8 Å². The van der Waals surface area contributed by atoms with Gasteiger partial charge in [0.15, 0.2) is 0 Å². The van der Waals surface area contributed by atoms with Gasteiger partial charge in [-0.3, -0.25) is 5.41 Å². The molecule has 0 radical (unpaired) electrons. The number of amidine groups is 1. The second kappa shape index (κ2) is 3.29. The SMILES string of the molecule is CC1(CN2CCCC2=N)CCCO1. The van der Waals surface area contributed by atoms with Crippen molar-refractivity contribution in [1.29, 1.82) is 5.41 Å². The van der Waals surface area contributed by atoms with Crippen LogP contribution in [0.25, 0.3) is 0 Å². The minimum absolute atomic E-state index is 0.0244. The van der Waals surface area contributed by atoms with E-state index >= 15 is 0 Å². The zero-order chi connectivity index (χ0) is 9.31. The smallest absolute Gasteiger partial charge is 0.0959 e. The highest BCUT2D eigenvalue weighted by atomic mass is 16.5. The summed E-state index contributed by atoms with van der Waals surface area (Å²) in [7, 11) is 0. The fourth-order valence-corrected chi connectivity index (χ4v) is 2.27. The maximum atomic E-state index is 7.73. The Balaban J connectivity index is 1.92. The van der Waals surface area contributed by atoms with Crippen molar-refractivity contribution in [3.05, 3.63) is 0 Å². The Hall–Kier alpha value is -0.570. The van der Waals surface area contributed by atoms with Gasteiger partial charge in [0.2, 0.25) is 0 Å². The van der Waals surface area contributed by atoms with E-state index in [0.717, 1.165) is 44.8 Å². The molecule has 0 bridgehead atoms. The van der Waals surface area contributed by atoms with E-state index in [1.165, 1.54) is 6.42 Å². The number of hydrogen-bond donors (Lipinski definition) is 1. The van der Waals surface area contributed by atoms with Crippen LogP contribution in [0.5, 0.6) is 0 Å². The molecule has 13 heavy (non-hydrogen) atoms. The lowest BCUT2D eigenvalue weighted by Gasteiger charge is -2.30. The van der Waals surface area contributed by atoms with Gasteiger partial charge in [0.1, 0.15) is 0 Å². The Morgan fingerprint density at radius 3 is 2.92 bits per heavy atom. The van der Waals surface area contributed by atoms with Crippen molar-refractivity contribution in [2.24, 2.45) is 0 Å². The predicted molar refractivity (Wildman–Crippen MR) is 52.1 cm³/mol. The van der Waals surface area contributed by atoms with E-state index in [-0.39, 0.29) is 5.60 Å². The van der Waals surface area contributed by atoms with Gasteiger partial charge in [-0.05, 0) is 26.2 Å². The topological polar surface area (TPSA) is 36.3 Å². The molecule has 2 aliphatic heterocycles. The number of likely N-dealkylation sites (tertiary alicyclic amines) is 1. The molecule has 0 aromatic carbocycles. The molecule has 3 heteroatoms. The molecular weight excluding hydrogens is 164 g/mol. The Bertz CT molecular complexity index is 209. The van der Waals surface area contributed by atoms with E-state index in [4.69, 9.17) is 10.1 Å². The normalized spacial score (nSPS) is 34.5. The molecular formula is C10H18N2O. The number of ether oxygens (including phenoxy) is 1. The first kappa shape index (κ1) is 9.00. The van der Waals surface area contributed by atoms with Crippen LogP contribution in [0.3, 0.4) is 0 Å². The van der Waals surface area contributed by atoms with E-state index in [1.807, 2.05) is 0 Å². The van der Waals surface area contributed by atoms with Crippen molar-refractivity contribution >= 4 is 5.84 Å². The summed E-state index contributed by atoms with van der Waals surface area (Å²) < 4.78 is 5.71. The molecule has 0 saturated carbocycles. The largest absolute Gasteiger partial charge is 0.373 e. The maximum Gasteiger partial charge on any atom is 0.0959 e. The Morgan fingerprint density at radius 1 is 1.54 bits per heavy atom. The molecule has 0 aromatic heterocycles. The van der Waals surface area contributed by atoms with E-state index in [9.17, 15) is 0 Å². The first-order valence-corrected chi connectivity index (χ1v) is 5.16. The van der Waals surface area contributed by atoms with Gasteiger partial charge in [0.25, 0.3) is 0 Å². The Labute approximate surface area is 79.6 Å². The van der Waals surface area contributed by atoms with Crippen molar-refractivity contribution in [1.82, 2.24) is 4.90 Å². The summed E-state index contributed by atoms with van der Waals surface area (Å²) >= 11 is 0. The van der Waals surface area contributed by atoms with Crippen LogP contribution < -0.4 is 0 Å². The van der Waals surface area contributed by atoms with Crippen LogP contribution in [0.15, 0.2) is 0 Å². The molecule has 2 heterocycles. The molecule has 0 spiro atoms. The standard InChI is InChI=1S/C10H18N2O/c1-10(5-3-7-13-10)8-12-6-2-4-9(12)11/h11H,2-8H2,1H3. The first-order chi connectivity index (χ1) is 6.20. The molecule has 0 aliphatic carbocycles. The zero-order valence-electron chi connectivity index (χ0n) is 8.31. The van der Waals surface area contributed by atoms with Crippen molar-refractivity contribution < 1.29 is 4.74 Å². The highest BCUT2D eigenvalue weighted by Crippen LogP contribution is 2.27. The third-order valence-electron chi connectivity index (χ3n) is 3.05. The fraction of sp³-hybridized carbons (Fsp3) is 0.900. The monoisotopic (exact) mass is 182 g/mol. The zero-order valence-corrected chi connectivity index (χ0v) is 8.31. The van der Waals surface area contributed by atoms with E-state index < -0.39 is 0 Å². The Morgan fingerprint density at radius 2 is 2.38 bits per heavy atom. The maximum absolute atomic E-state index is 7.73. The van der Waals surface area contributed by atoms with Crippen LogP contribution in [0.4, 0.5) is 0 Å². The second-order valence-corrected chi connectivity index (χ2v) is 4.37. The average molecular weight is 182 g/mol. The minimum atomic E-state index is 0.0244. The van der Waals surface area contributed by atoms with Crippen molar-refractivity contribution in [2.45, 2.75) is 38.2 Å². The van der Waals surface area contributed by atoms with Crippen LogP contribution in [0.1, 0.15) is 32.6 Å². The van der Waals surface area contributed by atoms with Crippen LogP contribution in [-0.2, 0) is 4.74 Å². The lowest BCUT2D eigenvalue weighted by Crippen LogP contribution is -2.40. The molecule has 2 rings (SSSR count). The molecule has 2 saturated heterocycles. The second-order valence-electron chi connectivity index (χ2n) is 4.37. The van der Waals surface area contributed by atoms with Crippen LogP contribution in [0.2, 0.25) is 0 Å². The third-order valence-corrected chi connectivity index (χ3v) is 3.05. The van der Waals surface area contributed by atoms with Gasteiger partial charge in [-0.25, -0.2) is 0 Å². The van der Waals surface area contributed by atoms with Gasteiger partial charge in [-0.15, -0.1) is 0 Å². The van der Waals surface area contributed by atoms with Gasteiger partial charge < -0.3 is 9.64 Å². The highest BCUT2D eigenvalue weighted by Gasteiger charge is 2.33. The van der Waals surface area contributed by atoms with Crippen LogP contribution in [-0.4, -0.2) is 36.0 Å². The van der Waals surface area contributed by atoms with Gasteiger partial charge in [0.05, 0.1) is 11.4 Å². The third kappa shape index (κ3) is 1.85. The summed E-state index contributed by atoms with van der Waals surface area (Å²) in [6.07, 6.45) is 4.43. The van der Waals surface area contributed by atoms with Gasteiger partial charge >= 0.3 is 0 Å². The van der Waals surface area contributed by atoms with Crippen molar-refractivity contribution in [2.75, 3.05) is 19.7 Å². The number of hydrogen-bond acceptors (Lipinski definition) is 2. The quantitative estimate of drug-likeness (QED) is 0.704. The number of nitrogens with zero attached hydrogens (tertiary/aromatic N) is 1. The van der Waals surface area contributed by atoms with Crippen LogP contribution >= 0.6 is 0 Å². The van der Waals surface area contributed by atoms with Gasteiger partial charge in [-0.1, -0.05) is 0 Å². The molecule has 2 fully saturated rings. The summed E-state index contributed by atoms with van der Waals surface area (Å²) in [4.78, 5) is 2.17. The molecule has 1 atom stereocenters. The fourth-order valence-electron chi connectivity index (χ4n) is 2.27. The molecule has 2 aliphatic rings. The van der Waals surface area contributed by atoms with E-state index in [0.29, 0.717) is 0 Å². The number of rotatable bonds is 2. The van der Waals surface area contributed by atoms with Crippen LogP contribution in [0, 0.1) is 5.41 Å². The number of nitrogens with one attached hydrogen (secondary N) is 1. The van der Waals surface area contributed by atoms with Crippen molar-refractivity contribution in [3.63, 3.8) is 0 Å². The predicted octanol–water partition coefficient (Wildman–Crippen LogP) is 1.63. The molecule has 1 N–H and O–H groups in total. The summed E-state index contributed by atoms with van der Waals surface area (Å²) in [6, 6.07) is 0. The molecule has 1 unspecified atom stereocenters. The average Bonchev–Trinajstić information content (AvgIpc) is 2.64. The lowest BCUT2D eigenvalue weighted by molar-refractivity contribution is 0.00566. The highest BCUT2D eigenvalue weighted by molar-refractivity contribution is 5.80. The summed E-state index contributed by atoms with van der Waals surface area (Å²) in [5, 5.41) is 7.73. The summed E-state index contributed by atoms with van der Waals surface area (Å²) in [5.74, 6) is 0.803. The lowest BCUT2D eigenvalue weighted by atomic mass is 10.0. The van der Waals surface area contributed by atoms with Gasteiger partial charge in [0, 0.05) is 26.1 Å². The van der Waals surface area contributed by atoms with Crippen molar-refractivity contribution in [3.8, 4) is 0 Å².